The Kier molecular flexibility index (Phi) is 9.10. The Morgan fingerprint density at radius 3 is 2.51 bits per heavy atom. The molecule has 224 valence electrons. The second-order valence-electron chi connectivity index (χ2n) is 11.6. The number of nitrogens with zero attached hydrogens (tertiary/aromatic N) is 3. The molecule has 3 N–H and O–H groups in total. The Bertz CT molecular complexity index is 1300. The Morgan fingerprint density at radius 1 is 1.17 bits per heavy atom. The summed E-state index contributed by atoms with van der Waals surface area (Å²) in [6.45, 7) is 8.37. The molecule has 2 aliphatic rings. The average molecular weight is 578 g/mol. The summed E-state index contributed by atoms with van der Waals surface area (Å²) in [5.74, 6) is -1.41. The molecular weight excluding hydrogens is 539 g/mol. The van der Waals surface area contributed by atoms with Gasteiger partial charge in [-0.3, -0.25) is 14.4 Å². The van der Waals surface area contributed by atoms with Gasteiger partial charge in [0.2, 0.25) is 0 Å². The van der Waals surface area contributed by atoms with Crippen molar-refractivity contribution in [2.45, 2.75) is 77.9 Å². The molecule has 0 atom stereocenters. The van der Waals surface area contributed by atoms with Crippen LogP contribution >= 0.6 is 0 Å². The number of alkyl halides is 3. The van der Waals surface area contributed by atoms with E-state index in [0.717, 1.165) is 45.3 Å². The average Bonchev–Trinajstić information content (AvgIpc) is 3.27. The molecule has 1 amide bonds. The number of Topliss-reactive ketones (excluding diaryl/α,β-unsaturated/α-hetero) is 1. The molecule has 1 aliphatic carbocycles. The van der Waals surface area contributed by atoms with E-state index < -0.39 is 29.0 Å². The summed E-state index contributed by atoms with van der Waals surface area (Å²) >= 11 is 0. The van der Waals surface area contributed by atoms with Crippen LogP contribution in [-0.2, 0) is 22.1 Å². The van der Waals surface area contributed by atoms with E-state index in [1.54, 1.807) is 13.0 Å². The fourth-order valence-corrected chi connectivity index (χ4v) is 5.72. The first-order valence-corrected chi connectivity index (χ1v) is 14.1. The number of likely N-dealkylation sites (tertiary alicyclic amines) is 1. The van der Waals surface area contributed by atoms with Crippen molar-refractivity contribution in [3.63, 3.8) is 0 Å². The van der Waals surface area contributed by atoms with Gasteiger partial charge in [-0.1, -0.05) is 13.8 Å². The van der Waals surface area contributed by atoms with E-state index in [0.29, 0.717) is 24.4 Å². The van der Waals surface area contributed by atoms with Crippen LogP contribution in [-0.4, -0.2) is 64.6 Å². The molecular formula is C29H38F3N5O4. The number of anilines is 1. The zero-order chi connectivity index (χ0) is 29.9. The van der Waals surface area contributed by atoms with Crippen molar-refractivity contribution >= 4 is 23.3 Å². The highest BCUT2D eigenvalue weighted by Crippen LogP contribution is 2.42. The SMILES string of the molecule is CCOC(=O)CCCCN1CCC(Nc2cc(-n3nc(C(F)(F)F)c4c3CC(C)(C)CC4=O)ccc2C(N)=O)CC1. The van der Waals surface area contributed by atoms with Crippen LogP contribution in [0.4, 0.5) is 18.9 Å². The van der Waals surface area contributed by atoms with E-state index in [1.807, 2.05) is 13.8 Å². The van der Waals surface area contributed by atoms with Gasteiger partial charge in [-0.25, -0.2) is 4.68 Å². The number of carbonyl (C=O) groups is 3. The van der Waals surface area contributed by atoms with E-state index in [9.17, 15) is 27.6 Å². The number of nitrogens with two attached hydrogens (primary N) is 1. The number of halogens is 3. The molecule has 1 aromatic carbocycles. The first-order valence-electron chi connectivity index (χ1n) is 14.1. The van der Waals surface area contributed by atoms with Crippen LogP contribution in [0.1, 0.15) is 91.4 Å². The first-order chi connectivity index (χ1) is 19.3. The third kappa shape index (κ3) is 7.27. The van der Waals surface area contributed by atoms with Gasteiger partial charge < -0.3 is 20.7 Å². The zero-order valence-electron chi connectivity index (χ0n) is 23.8. The number of ketones is 1. The predicted molar refractivity (Wildman–Crippen MR) is 147 cm³/mol. The molecule has 2 aromatic rings. The molecule has 1 saturated heterocycles. The number of benzene rings is 1. The van der Waals surface area contributed by atoms with Crippen molar-refractivity contribution in [1.82, 2.24) is 14.7 Å². The first kappa shape index (κ1) is 30.5. The van der Waals surface area contributed by atoms with Crippen molar-refractivity contribution in [2.75, 3.05) is 31.6 Å². The van der Waals surface area contributed by atoms with Crippen LogP contribution in [0.2, 0.25) is 0 Å². The van der Waals surface area contributed by atoms with E-state index in [1.165, 1.54) is 16.8 Å². The van der Waals surface area contributed by atoms with Crippen molar-refractivity contribution in [3.05, 3.63) is 40.7 Å². The summed E-state index contributed by atoms with van der Waals surface area (Å²) in [6.07, 6.45) is -0.889. The largest absolute Gasteiger partial charge is 0.466 e. The summed E-state index contributed by atoms with van der Waals surface area (Å²) in [4.78, 5) is 38.9. The van der Waals surface area contributed by atoms with E-state index in [-0.39, 0.29) is 41.7 Å². The number of fused-ring (bicyclic) bond motifs is 1. The van der Waals surface area contributed by atoms with E-state index >= 15 is 0 Å². The van der Waals surface area contributed by atoms with Crippen LogP contribution in [0.3, 0.4) is 0 Å². The number of primary amides is 1. The normalized spacial score (nSPS) is 17.8. The predicted octanol–water partition coefficient (Wildman–Crippen LogP) is 4.75. The monoisotopic (exact) mass is 577 g/mol. The summed E-state index contributed by atoms with van der Waals surface area (Å²) in [7, 11) is 0. The van der Waals surface area contributed by atoms with Gasteiger partial charge in [-0.2, -0.15) is 18.3 Å². The molecule has 12 heteroatoms. The molecule has 1 fully saturated rings. The van der Waals surface area contributed by atoms with Crippen LogP contribution in [0, 0.1) is 5.41 Å². The highest BCUT2D eigenvalue weighted by molar-refractivity contribution is 6.00. The molecule has 0 saturated carbocycles. The molecule has 9 nitrogen and oxygen atoms in total. The number of unbranched alkanes of at least 4 members (excludes halogenated alkanes) is 1. The standard InChI is InChI=1S/C29H38F3N5O4/c1-4-41-24(39)7-5-6-12-36-13-10-18(11-14-36)34-21-15-19(8-9-20(21)27(33)40)37-22-16-28(2,3)17-23(38)25(22)26(35-37)29(30,31)32/h8-9,15,18,34H,4-7,10-14,16-17H2,1-3H3,(H2,33,40). The van der Waals surface area contributed by atoms with Gasteiger partial charge in [-0.05, 0) is 69.2 Å². The van der Waals surface area contributed by atoms with Crippen LogP contribution in [0.15, 0.2) is 18.2 Å². The van der Waals surface area contributed by atoms with Gasteiger partial charge in [0.05, 0.1) is 29.1 Å². The Labute approximate surface area is 237 Å². The maximum Gasteiger partial charge on any atom is 0.435 e. The van der Waals surface area contributed by atoms with Crippen molar-refractivity contribution < 1.29 is 32.3 Å². The zero-order valence-corrected chi connectivity index (χ0v) is 23.8. The molecule has 0 radical (unpaired) electrons. The van der Waals surface area contributed by atoms with Gasteiger partial charge in [0.15, 0.2) is 11.5 Å². The highest BCUT2D eigenvalue weighted by Gasteiger charge is 2.45. The minimum atomic E-state index is -4.78. The van der Waals surface area contributed by atoms with Crippen molar-refractivity contribution in [3.8, 4) is 5.69 Å². The maximum atomic E-state index is 13.9. The molecule has 4 rings (SSSR count). The lowest BCUT2D eigenvalue weighted by Crippen LogP contribution is -2.39. The number of aromatic nitrogens is 2. The fourth-order valence-electron chi connectivity index (χ4n) is 5.72. The van der Waals surface area contributed by atoms with Crippen molar-refractivity contribution in [2.24, 2.45) is 11.1 Å². The van der Waals surface area contributed by atoms with Crippen molar-refractivity contribution in [1.29, 1.82) is 0 Å². The highest BCUT2D eigenvalue weighted by atomic mass is 19.4. The summed E-state index contributed by atoms with van der Waals surface area (Å²) in [5.41, 5.74) is 4.72. The van der Waals surface area contributed by atoms with Gasteiger partial charge in [0, 0.05) is 37.7 Å². The lowest BCUT2D eigenvalue weighted by Gasteiger charge is -2.33. The van der Waals surface area contributed by atoms with Gasteiger partial charge >= 0.3 is 12.1 Å². The molecule has 0 unspecified atom stereocenters. The van der Waals surface area contributed by atoms with Crippen LogP contribution < -0.4 is 11.1 Å². The smallest absolute Gasteiger partial charge is 0.435 e. The molecule has 0 bridgehead atoms. The molecule has 41 heavy (non-hydrogen) atoms. The van der Waals surface area contributed by atoms with E-state index in [4.69, 9.17) is 10.5 Å². The Balaban J connectivity index is 1.51. The molecule has 2 heterocycles. The topological polar surface area (TPSA) is 120 Å². The number of piperidine rings is 1. The number of rotatable bonds is 10. The maximum absolute atomic E-state index is 13.9. The number of esters is 1. The summed E-state index contributed by atoms with van der Waals surface area (Å²) in [6, 6.07) is 4.60. The number of amides is 1. The van der Waals surface area contributed by atoms with Gasteiger partial charge in [0.1, 0.15) is 0 Å². The number of carbonyl (C=O) groups excluding carboxylic acids is 3. The quantitative estimate of drug-likeness (QED) is 0.309. The second-order valence-corrected chi connectivity index (χ2v) is 11.6. The molecule has 0 spiro atoms. The summed E-state index contributed by atoms with van der Waals surface area (Å²) in [5, 5.41) is 7.25. The number of hydrogen-bond acceptors (Lipinski definition) is 7. The van der Waals surface area contributed by atoms with E-state index in [2.05, 4.69) is 15.3 Å². The minimum absolute atomic E-state index is 0.00624. The fraction of sp³-hybridized carbons (Fsp3) is 0.586. The third-order valence-electron chi connectivity index (χ3n) is 7.68. The Morgan fingerprint density at radius 2 is 1.88 bits per heavy atom. The lowest BCUT2D eigenvalue weighted by molar-refractivity contribution is -0.143. The third-order valence-corrected chi connectivity index (χ3v) is 7.68. The molecule has 1 aliphatic heterocycles. The van der Waals surface area contributed by atoms with Crippen LogP contribution in [0.25, 0.3) is 5.69 Å². The number of hydrogen-bond donors (Lipinski definition) is 2. The Hall–Kier alpha value is -3.41. The van der Waals surface area contributed by atoms with Gasteiger partial charge in [0.25, 0.3) is 5.91 Å². The lowest BCUT2D eigenvalue weighted by atomic mass is 9.75. The van der Waals surface area contributed by atoms with Gasteiger partial charge in [-0.15, -0.1) is 0 Å². The summed E-state index contributed by atoms with van der Waals surface area (Å²) < 4.78 is 47.8. The number of nitrogens with one attached hydrogen (secondary N) is 1. The van der Waals surface area contributed by atoms with Crippen LogP contribution in [0.5, 0.6) is 0 Å². The second kappa shape index (κ2) is 12.2. The minimum Gasteiger partial charge on any atom is -0.466 e. The number of ether oxygens (including phenoxy) is 1. The molecule has 1 aromatic heterocycles.